The van der Waals surface area contributed by atoms with Crippen LogP contribution in [-0.2, 0) is 0 Å². The molecule has 0 rings (SSSR count). The van der Waals surface area contributed by atoms with Crippen LogP contribution in [-0.4, -0.2) is 13.1 Å². The van der Waals surface area contributed by atoms with Crippen molar-refractivity contribution in [2.45, 2.75) is 39.5 Å². The van der Waals surface area contributed by atoms with E-state index in [1.807, 2.05) is 13.8 Å². The zero-order valence-corrected chi connectivity index (χ0v) is 8.60. The van der Waals surface area contributed by atoms with Crippen LogP contribution in [0.2, 0.25) is 0 Å². The van der Waals surface area contributed by atoms with E-state index < -0.39 is 0 Å². The van der Waals surface area contributed by atoms with Crippen LogP contribution in [0.3, 0.4) is 0 Å². The number of allylic oxidation sites excluding steroid dienone is 1. The van der Waals surface area contributed by atoms with E-state index in [0.29, 0.717) is 0 Å². The first-order valence-electron chi connectivity index (χ1n) is 4.67. The molecule has 0 spiro atoms. The van der Waals surface area contributed by atoms with Gasteiger partial charge in [-0.25, -0.2) is 0 Å². The van der Waals surface area contributed by atoms with Crippen LogP contribution in [0.25, 0.3) is 0 Å². The van der Waals surface area contributed by atoms with Gasteiger partial charge in [0.05, 0.1) is 0 Å². The maximum Gasteiger partial charge on any atom is -0.00773 e. The highest BCUT2D eigenvalue weighted by atomic mass is 14.5. The van der Waals surface area contributed by atoms with Gasteiger partial charge in [0, 0.05) is 0 Å². The number of rotatable bonds is 5. The van der Waals surface area contributed by atoms with E-state index >= 15 is 0 Å². The van der Waals surface area contributed by atoms with Crippen LogP contribution in [0.15, 0.2) is 12.2 Å². The third kappa shape index (κ3) is 33.4. The average Bonchev–Trinajstić information content (AvgIpc) is 1.97. The molecule has 0 heterocycles. The fourth-order valence-corrected chi connectivity index (χ4v) is 0.642. The summed E-state index contributed by atoms with van der Waals surface area (Å²) in [7, 11) is 0. The van der Waals surface area contributed by atoms with Gasteiger partial charge in [0.1, 0.15) is 0 Å². The zero-order chi connectivity index (χ0) is 9.82. The van der Waals surface area contributed by atoms with E-state index in [2.05, 4.69) is 6.58 Å². The first-order valence-corrected chi connectivity index (χ1v) is 4.67. The van der Waals surface area contributed by atoms with Crippen molar-refractivity contribution >= 4 is 0 Å². The van der Waals surface area contributed by atoms with Crippen LogP contribution in [0.1, 0.15) is 39.5 Å². The van der Waals surface area contributed by atoms with Crippen molar-refractivity contribution in [2.75, 3.05) is 13.1 Å². The Hall–Kier alpha value is -0.340. The second kappa shape index (κ2) is 13.3. The fourth-order valence-electron chi connectivity index (χ4n) is 0.642. The molecule has 0 bridgehead atoms. The molecule has 0 aliphatic rings. The molecule has 0 saturated carbocycles. The Morgan fingerprint density at radius 1 is 0.917 bits per heavy atom. The number of nitrogens with two attached hydrogens (primary N) is 2. The van der Waals surface area contributed by atoms with Gasteiger partial charge in [-0.15, -0.1) is 6.58 Å². The van der Waals surface area contributed by atoms with Gasteiger partial charge in [-0.3, -0.25) is 0 Å². The Morgan fingerprint density at radius 2 is 1.17 bits per heavy atom. The Morgan fingerprint density at radius 3 is 1.33 bits per heavy atom. The third-order valence-corrected chi connectivity index (χ3v) is 1.16. The lowest BCUT2D eigenvalue weighted by atomic mass is 10.2. The van der Waals surface area contributed by atoms with Crippen molar-refractivity contribution in [2.24, 2.45) is 11.5 Å². The Labute approximate surface area is 77.0 Å². The molecular weight excluding hydrogens is 148 g/mol. The van der Waals surface area contributed by atoms with Crippen LogP contribution in [0.5, 0.6) is 0 Å². The van der Waals surface area contributed by atoms with Gasteiger partial charge < -0.3 is 11.5 Å². The Kier molecular flexibility index (Phi) is 15.7. The predicted molar refractivity (Wildman–Crippen MR) is 57.1 cm³/mol. The lowest BCUT2D eigenvalue weighted by Gasteiger charge is -1.94. The molecule has 0 aliphatic carbocycles. The molecule has 12 heavy (non-hydrogen) atoms. The van der Waals surface area contributed by atoms with Gasteiger partial charge in [0.25, 0.3) is 0 Å². The average molecular weight is 172 g/mol. The highest BCUT2D eigenvalue weighted by molar-refractivity contribution is 4.78. The van der Waals surface area contributed by atoms with Crippen LogP contribution in [0.4, 0.5) is 0 Å². The summed E-state index contributed by atoms with van der Waals surface area (Å²) in [6.07, 6.45) is 4.79. The molecule has 0 saturated heterocycles. The lowest BCUT2D eigenvalue weighted by Crippen LogP contribution is -2.00. The van der Waals surface area contributed by atoms with Gasteiger partial charge >= 0.3 is 0 Å². The Balaban J connectivity index is 0. The molecule has 0 amide bonds. The zero-order valence-electron chi connectivity index (χ0n) is 8.60. The minimum atomic E-state index is 0.824. The second-order valence-corrected chi connectivity index (χ2v) is 3.20. The van der Waals surface area contributed by atoms with E-state index in [4.69, 9.17) is 11.5 Å². The highest BCUT2D eigenvalue weighted by Gasteiger charge is 1.83. The summed E-state index contributed by atoms with van der Waals surface area (Å²) < 4.78 is 0. The number of hydrogen-bond donors (Lipinski definition) is 2. The summed E-state index contributed by atoms with van der Waals surface area (Å²) in [6.45, 7) is 9.15. The molecule has 0 fully saturated rings. The molecule has 0 radical (unpaired) electrons. The maximum atomic E-state index is 5.28. The van der Waals surface area contributed by atoms with E-state index in [1.165, 1.54) is 18.4 Å². The molecule has 4 N–H and O–H groups in total. The van der Waals surface area contributed by atoms with Crippen LogP contribution >= 0.6 is 0 Å². The maximum absolute atomic E-state index is 5.28. The minimum absolute atomic E-state index is 0.824. The van der Waals surface area contributed by atoms with Gasteiger partial charge in [-0.05, 0) is 39.8 Å². The quantitative estimate of drug-likeness (QED) is 0.492. The van der Waals surface area contributed by atoms with Crippen molar-refractivity contribution in [3.8, 4) is 0 Å². The van der Waals surface area contributed by atoms with Gasteiger partial charge in [0.2, 0.25) is 0 Å². The molecule has 0 aromatic heterocycles. The molecular formula is C10H24N2. The lowest BCUT2D eigenvalue weighted by molar-refractivity contribution is 0.653. The second-order valence-electron chi connectivity index (χ2n) is 3.20. The summed E-state index contributed by atoms with van der Waals surface area (Å²) in [6, 6.07) is 0. The van der Waals surface area contributed by atoms with Crippen LogP contribution in [0, 0.1) is 0 Å². The van der Waals surface area contributed by atoms with E-state index in [0.717, 1.165) is 25.9 Å². The third-order valence-electron chi connectivity index (χ3n) is 1.16. The smallest absolute Gasteiger partial charge is 0.00773 e. The largest absolute Gasteiger partial charge is 0.330 e. The van der Waals surface area contributed by atoms with E-state index in [9.17, 15) is 0 Å². The molecule has 2 nitrogen and oxygen atoms in total. The van der Waals surface area contributed by atoms with Crippen molar-refractivity contribution < 1.29 is 0 Å². The molecule has 0 aromatic carbocycles. The van der Waals surface area contributed by atoms with E-state index in [-0.39, 0.29) is 0 Å². The van der Waals surface area contributed by atoms with Crippen molar-refractivity contribution in [1.82, 2.24) is 0 Å². The molecule has 0 atom stereocenters. The number of unbranched alkanes of at least 4 members (excludes halogenated alkanes) is 3. The van der Waals surface area contributed by atoms with Crippen LogP contribution < -0.4 is 11.5 Å². The molecule has 0 aliphatic heterocycles. The van der Waals surface area contributed by atoms with Gasteiger partial charge in [-0.1, -0.05) is 18.4 Å². The SMILES string of the molecule is C=C(C)C.NCCCCCCN. The molecule has 0 unspecified atom stereocenters. The summed E-state index contributed by atoms with van der Waals surface area (Å²) in [5.41, 5.74) is 11.7. The standard InChI is InChI=1S/C6H16N2.C4H8/c7-5-3-1-2-4-6-8;1-4(2)3/h1-8H2;1H2,2-3H3. The minimum Gasteiger partial charge on any atom is -0.330 e. The summed E-state index contributed by atoms with van der Waals surface area (Å²) in [4.78, 5) is 0. The topological polar surface area (TPSA) is 52.0 Å². The summed E-state index contributed by atoms with van der Waals surface area (Å²) in [5, 5.41) is 0. The summed E-state index contributed by atoms with van der Waals surface area (Å²) >= 11 is 0. The fraction of sp³-hybridized carbons (Fsp3) is 0.800. The van der Waals surface area contributed by atoms with Gasteiger partial charge in [0.15, 0.2) is 0 Å². The predicted octanol–water partition coefficient (Wildman–Crippen LogP) is 2.05. The molecule has 2 heteroatoms. The van der Waals surface area contributed by atoms with Crippen molar-refractivity contribution in [1.29, 1.82) is 0 Å². The Bertz CT molecular complexity index is 79.8. The first kappa shape index (κ1) is 14.2. The first-order chi connectivity index (χ1) is 5.65. The molecule has 74 valence electrons. The highest BCUT2D eigenvalue weighted by Crippen LogP contribution is 1.95. The summed E-state index contributed by atoms with van der Waals surface area (Å²) in [5.74, 6) is 0. The van der Waals surface area contributed by atoms with Crippen molar-refractivity contribution in [3.05, 3.63) is 12.2 Å². The van der Waals surface area contributed by atoms with Crippen molar-refractivity contribution in [3.63, 3.8) is 0 Å². The van der Waals surface area contributed by atoms with E-state index in [1.54, 1.807) is 0 Å². The monoisotopic (exact) mass is 172 g/mol. The van der Waals surface area contributed by atoms with Gasteiger partial charge in [-0.2, -0.15) is 0 Å². The normalized spacial score (nSPS) is 8.67. The molecule has 0 aromatic rings. The number of hydrogen-bond acceptors (Lipinski definition) is 2.